The molecule has 0 spiro atoms. The number of carbonyl (C=O) groups is 1. The van der Waals surface area contributed by atoms with Crippen LogP contribution in [0.4, 0.5) is 5.69 Å². The highest BCUT2D eigenvalue weighted by molar-refractivity contribution is 5.94. The van der Waals surface area contributed by atoms with Crippen molar-refractivity contribution in [2.24, 2.45) is 0 Å². The maximum Gasteiger partial charge on any atom is 0.261 e. The Balaban J connectivity index is 1.87. The van der Waals surface area contributed by atoms with Gasteiger partial charge in [-0.2, -0.15) is 0 Å². The summed E-state index contributed by atoms with van der Waals surface area (Å²) < 4.78 is 1.42. The van der Waals surface area contributed by atoms with Gasteiger partial charge >= 0.3 is 0 Å². The summed E-state index contributed by atoms with van der Waals surface area (Å²) in [6.45, 7) is 6.13. The van der Waals surface area contributed by atoms with E-state index in [1.54, 1.807) is 18.2 Å². The lowest BCUT2D eigenvalue weighted by Gasteiger charge is -2.18. The third-order valence-corrected chi connectivity index (χ3v) is 4.56. The Labute approximate surface area is 152 Å². The topological polar surface area (TPSA) is 64.0 Å². The number of benzene rings is 2. The number of hydrogen-bond acceptors (Lipinski definition) is 3. The molecule has 1 amide bonds. The number of aromatic nitrogens is 2. The zero-order valence-electron chi connectivity index (χ0n) is 15.3. The van der Waals surface area contributed by atoms with Gasteiger partial charge in [0.05, 0.1) is 17.2 Å². The van der Waals surface area contributed by atoms with Gasteiger partial charge in [0.15, 0.2) is 0 Å². The van der Waals surface area contributed by atoms with E-state index >= 15 is 0 Å². The average molecular weight is 349 g/mol. The van der Waals surface area contributed by atoms with Gasteiger partial charge in [-0.05, 0) is 42.2 Å². The molecule has 3 aromatic rings. The zero-order chi connectivity index (χ0) is 18.7. The number of hydrogen-bond donors (Lipinski definition) is 1. The molecular formula is C21H23N3O2. The van der Waals surface area contributed by atoms with Crippen molar-refractivity contribution >= 4 is 22.5 Å². The van der Waals surface area contributed by atoms with Crippen LogP contribution < -0.4 is 10.9 Å². The van der Waals surface area contributed by atoms with E-state index in [1.165, 1.54) is 16.5 Å². The third-order valence-electron chi connectivity index (χ3n) is 4.56. The van der Waals surface area contributed by atoms with Crippen LogP contribution in [0.1, 0.15) is 44.7 Å². The minimum atomic E-state index is -0.607. The van der Waals surface area contributed by atoms with Crippen LogP contribution in [0, 0.1) is 0 Å². The fourth-order valence-electron chi connectivity index (χ4n) is 2.99. The van der Waals surface area contributed by atoms with Crippen molar-refractivity contribution in [2.45, 2.75) is 39.2 Å². The van der Waals surface area contributed by atoms with E-state index in [0.717, 1.165) is 5.69 Å². The normalized spacial score (nSPS) is 12.3. The van der Waals surface area contributed by atoms with Gasteiger partial charge in [-0.3, -0.25) is 14.2 Å². The molecule has 1 atom stereocenters. The second-order valence-corrected chi connectivity index (χ2v) is 6.66. The molecule has 26 heavy (non-hydrogen) atoms. The zero-order valence-corrected chi connectivity index (χ0v) is 15.3. The molecule has 0 aliphatic carbocycles. The van der Waals surface area contributed by atoms with E-state index in [4.69, 9.17) is 0 Å². The van der Waals surface area contributed by atoms with E-state index in [0.29, 0.717) is 23.2 Å². The number of amides is 1. The lowest BCUT2D eigenvalue weighted by atomic mass is 10.0. The third kappa shape index (κ3) is 3.52. The van der Waals surface area contributed by atoms with Gasteiger partial charge in [-0.15, -0.1) is 0 Å². The van der Waals surface area contributed by atoms with Crippen LogP contribution in [-0.2, 0) is 4.79 Å². The SMILES string of the molecule is CC[C@H](C(=O)Nc1ccc(C(C)C)cc1)n1cnc2ccccc2c1=O. The molecule has 1 heterocycles. The van der Waals surface area contributed by atoms with Crippen molar-refractivity contribution in [1.29, 1.82) is 0 Å². The Morgan fingerprint density at radius 1 is 1.12 bits per heavy atom. The summed E-state index contributed by atoms with van der Waals surface area (Å²) in [7, 11) is 0. The van der Waals surface area contributed by atoms with Gasteiger partial charge in [-0.1, -0.05) is 45.0 Å². The number of para-hydroxylation sites is 1. The summed E-state index contributed by atoms with van der Waals surface area (Å²) in [5.74, 6) is 0.217. The molecule has 0 aliphatic rings. The number of nitrogens with one attached hydrogen (secondary N) is 1. The van der Waals surface area contributed by atoms with E-state index in [9.17, 15) is 9.59 Å². The Morgan fingerprint density at radius 3 is 2.46 bits per heavy atom. The molecule has 3 rings (SSSR count). The summed E-state index contributed by atoms with van der Waals surface area (Å²) in [6.07, 6.45) is 1.95. The first-order chi connectivity index (χ1) is 12.5. The Hall–Kier alpha value is -2.95. The minimum absolute atomic E-state index is 0.201. The maximum atomic E-state index is 12.8. The van der Waals surface area contributed by atoms with Gasteiger partial charge in [0.2, 0.25) is 5.91 Å². The molecule has 2 aromatic carbocycles. The van der Waals surface area contributed by atoms with E-state index in [2.05, 4.69) is 24.1 Å². The Kier molecular flexibility index (Phi) is 5.16. The summed E-state index contributed by atoms with van der Waals surface area (Å²) in [4.78, 5) is 29.8. The molecule has 1 aromatic heterocycles. The number of carbonyl (C=O) groups excluding carboxylic acids is 1. The highest BCUT2D eigenvalue weighted by Crippen LogP contribution is 2.19. The second-order valence-electron chi connectivity index (χ2n) is 6.66. The molecule has 5 nitrogen and oxygen atoms in total. The molecule has 5 heteroatoms. The number of anilines is 1. The maximum absolute atomic E-state index is 12.8. The highest BCUT2D eigenvalue weighted by Gasteiger charge is 2.21. The summed E-state index contributed by atoms with van der Waals surface area (Å²) in [5.41, 5.74) is 2.37. The van der Waals surface area contributed by atoms with E-state index < -0.39 is 6.04 Å². The van der Waals surface area contributed by atoms with Crippen LogP contribution in [0.25, 0.3) is 10.9 Å². The minimum Gasteiger partial charge on any atom is -0.324 e. The number of fused-ring (bicyclic) bond motifs is 1. The van der Waals surface area contributed by atoms with Crippen LogP contribution in [-0.4, -0.2) is 15.5 Å². The van der Waals surface area contributed by atoms with Crippen LogP contribution >= 0.6 is 0 Å². The lowest BCUT2D eigenvalue weighted by molar-refractivity contribution is -0.119. The standard InChI is InChI=1S/C21H23N3O2/c1-4-19(20(25)23-16-11-9-15(10-12-16)14(2)3)24-13-22-18-8-6-5-7-17(18)21(24)26/h5-14,19H,4H2,1-3H3,(H,23,25)/t19-/m1/s1. The van der Waals surface area contributed by atoms with Gasteiger partial charge in [-0.25, -0.2) is 4.98 Å². The van der Waals surface area contributed by atoms with Crippen molar-refractivity contribution < 1.29 is 4.79 Å². The first-order valence-electron chi connectivity index (χ1n) is 8.88. The molecule has 134 valence electrons. The molecule has 0 saturated heterocycles. The Bertz CT molecular complexity index is 974. The number of rotatable bonds is 5. The fraction of sp³-hybridized carbons (Fsp3) is 0.286. The van der Waals surface area contributed by atoms with E-state index in [-0.39, 0.29) is 11.5 Å². The molecule has 1 N–H and O–H groups in total. The second kappa shape index (κ2) is 7.52. The smallest absolute Gasteiger partial charge is 0.261 e. The van der Waals surface area contributed by atoms with Crippen molar-refractivity contribution in [3.8, 4) is 0 Å². The predicted octanol–water partition coefficient (Wildman–Crippen LogP) is 4.11. The first kappa shape index (κ1) is 17.9. The van der Waals surface area contributed by atoms with Gasteiger partial charge in [0.25, 0.3) is 5.56 Å². The fourth-order valence-corrected chi connectivity index (χ4v) is 2.99. The van der Waals surface area contributed by atoms with Gasteiger partial charge in [0.1, 0.15) is 6.04 Å². The average Bonchev–Trinajstić information content (AvgIpc) is 2.65. The summed E-state index contributed by atoms with van der Waals surface area (Å²) in [6, 6.07) is 14.3. The van der Waals surface area contributed by atoms with Crippen LogP contribution in [0.5, 0.6) is 0 Å². The highest BCUT2D eigenvalue weighted by atomic mass is 16.2. The van der Waals surface area contributed by atoms with Crippen LogP contribution in [0.3, 0.4) is 0 Å². The van der Waals surface area contributed by atoms with Gasteiger partial charge < -0.3 is 5.32 Å². The quantitative estimate of drug-likeness (QED) is 0.754. The van der Waals surface area contributed by atoms with Gasteiger partial charge in [0, 0.05) is 5.69 Å². The molecular weight excluding hydrogens is 326 g/mol. The predicted molar refractivity (Wildman–Crippen MR) is 104 cm³/mol. The van der Waals surface area contributed by atoms with Crippen molar-refractivity contribution in [2.75, 3.05) is 5.32 Å². The molecule has 0 radical (unpaired) electrons. The number of nitrogens with zero attached hydrogens (tertiary/aromatic N) is 2. The van der Waals surface area contributed by atoms with Crippen molar-refractivity contribution in [3.63, 3.8) is 0 Å². The Morgan fingerprint density at radius 2 is 1.81 bits per heavy atom. The van der Waals surface area contributed by atoms with Crippen LogP contribution in [0.2, 0.25) is 0 Å². The lowest BCUT2D eigenvalue weighted by Crippen LogP contribution is -2.33. The molecule has 0 fully saturated rings. The van der Waals surface area contributed by atoms with Crippen LogP contribution in [0.15, 0.2) is 59.7 Å². The van der Waals surface area contributed by atoms with Crippen molar-refractivity contribution in [1.82, 2.24) is 9.55 Å². The van der Waals surface area contributed by atoms with Crippen molar-refractivity contribution in [3.05, 3.63) is 70.8 Å². The van der Waals surface area contributed by atoms with E-state index in [1.807, 2.05) is 37.3 Å². The first-order valence-corrected chi connectivity index (χ1v) is 8.88. The molecule has 0 saturated carbocycles. The summed E-state index contributed by atoms with van der Waals surface area (Å²) >= 11 is 0. The molecule has 0 bridgehead atoms. The molecule has 0 unspecified atom stereocenters. The monoisotopic (exact) mass is 349 g/mol. The summed E-state index contributed by atoms with van der Waals surface area (Å²) in [5, 5.41) is 3.42. The largest absolute Gasteiger partial charge is 0.324 e. The molecule has 0 aliphatic heterocycles.